The van der Waals surface area contributed by atoms with Gasteiger partial charge in [-0.2, -0.15) is 0 Å². The largest absolute Gasteiger partial charge is 0.393 e. The maximum atomic E-state index is 11.3. The second-order valence-electron chi connectivity index (χ2n) is 3.70. The Morgan fingerprint density at radius 3 is 2.00 bits per heavy atom. The summed E-state index contributed by atoms with van der Waals surface area (Å²) in [7, 11) is -3.20. The van der Waals surface area contributed by atoms with E-state index in [-0.39, 0.29) is 6.04 Å². The number of sulfonamides is 1. The van der Waals surface area contributed by atoms with Crippen molar-refractivity contribution in [1.82, 2.24) is 4.72 Å². The first-order valence-corrected chi connectivity index (χ1v) is 5.99. The van der Waals surface area contributed by atoms with Crippen LogP contribution in [0.4, 0.5) is 0 Å². The maximum Gasteiger partial charge on any atom is 0.214 e. The van der Waals surface area contributed by atoms with Crippen molar-refractivity contribution in [2.24, 2.45) is 0 Å². The Balaban J connectivity index is 4.13. The second kappa shape index (κ2) is 4.93. The van der Waals surface area contributed by atoms with Gasteiger partial charge in [0.2, 0.25) is 10.0 Å². The van der Waals surface area contributed by atoms with E-state index >= 15 is 0 Å². The third kappa shape index (κ3) is 5.23. The van der Waals surface area contributed by atoms with E-state index in [0.717, 1.165) is 0 Å². The van der Waals surface area contributed by atoms with Crippen LogP contribution in [-0.2, 0) is 10.0 Å². The lowest BCUT2D eigenvalue weighted by Gasteiger charge is -2.17. The zero-order valence-electron chi connectivity index (χ0n) is 8.61. The Kier molecular flexibility index (Phi) is 4.88. The number of hydrogen-bond acceptors (Lipinski definition) is 3. The minimum absolute atomic E-state index is 0.215. The summed E-state index contributed by atoms with van der Waals surface area (Å²) in [5.74, 6) is 0. The van der Waals surface area contributed by atoms with Gasteiger partial charge in [0.15, 0.2) is 0 Å². The van der Waals surface area contributed by atoms with Crippen LogP contribution in [0.3, 0.4) is 0 Å². The first-order valence-electron chi connectivity index (χ1n) is 4.45. The molecule has 0 rings (SSSR count). The number of hydrogen-bond donors (Lipinski definition) is 2. The molecule has 0 aliphatic heterocycles. The molecule has 0 aliphatic carbocycles. The van der Waals surface area contributed by atoms with E-state index in [9.17, 15) is 8.42 Å². The molecule has 2 atom stereocenters. The third-order valence-electron chi connectivity index (χ3n) is 1.68. The normalized spacial score (nSPS) is 17.4. The van der Waals surface area contributed by atoms with Crippen molar-refractivity contribution >= 4 is 10.0 Å². The molecule has 0 spiro atoms. The van der Waals surface area contributed by atoms with Crippen LogP contribution in [0.15, 0.2) is 0 Å². The molecule has 0 bridgehead atoms. The topological polar surface area (TPSA) is 66.4 Å². The lowest BCUT2D eigenvalue weighted by Crippen LogP contribution is -2.38. The number of rotatable bonds is 5. The summed E-state index contributed by atoms with van der Waals surface area (Å²) in [6.45, 7) is 6.63. The average molecular weight is 209 g/mol. The zero-order valence-corrected chi connectivity index (χ0v) is 9.43. The van der Waals surface area contributed by atoms with Gasteiger partial charge in [-0.15, -0.1) is 0 Å². The van der Waals surface area contributed by atoms with E-state index in [2.05, 4.69) is 4.72 Å². The highest BCUT2D eigenvalue weighted by atomic mass is 32.2. The highest BCUT2D eigenvalue weighted by Crippen LogP contribution is 2.02. The Morgan fingerprint density at radius 2 is 1.69 bits per heavy atom. The molecule has 2 unspecified atom stereocenters. The Labute approximate surface area is 80.4 Å². The van der Waals surface area contributed by atoms with E-state index in [1.54, 1.807) is 27.7 Å². The molecule has 0 aromatic heterocycles. The molecule has 5 heteroatoms. The fourth-order valence-corrected chi connectivity index (χ4v) is 1.91. The van der Waals surface area contributed by atoms with Crippen LogP contribution in [0.25, 0.3) is 0 Å². The van der Waals surface area contributed by atoms with Crippen molar-refractivity contribution < 1.29 is 13.5 Å². The smallest absolute Gasteiger partial charge is 0.214 e. The van der Waals surface area contributed by atoms with Gasteiger partial charge in [0, 0.05) is 6.04 Å². The van der Waals surface area contributed by atoms with Crippen LogP contribution < -0.4 is 4.72 Å². The van der Waals surface area contributed by atoms with Crippen LogP contribution in [0.5, 0.6) is 0 Å². The van der Waals surface area contributed by atoms with Crippen LogP contribution >= 0.6 is 0 Å². The van der Waals surface area contributed by atoms with E-state index in [1.165, 1.54) is 0 Å². The van der Waals surface area contributed by atoms with Crippen molar-refractivity contribution in [2.45, 2.75) is 51.5 Å². The van der Waals surface area contributed by atoms with Gasteiger partial charge in [0.05, 0.1) is 11.4 Å². The molecule has 0 aliphatic rings. The monoisotopic (exact) mass is 209 g/mol. The summed E-state index contributed by atoms with van der Waals surface area (Å²) in [6.07, 6.45) is -0.0452. The van der Waals surface area contributed by atoms with E-state index in [0.29, 0.717) is 6.42 Å². The van der Waals surface area contributed by atoms with Crippen LogP contribution in [0.2, 0.25) is 0 Å². The molecule has 0 aromatic carbocycles. The lowest BCUT2D eigenvalue weighted by atomic mass is 10.2. The fraction of sp³-hybridized carbons (Fsp3) is 1.00. The Bertz CT molecular complexity index is 234. The minimum Gasteiger partial charge on any atom is -0.393 e. The molecule has 80 valence electrons. The average Bonchev–Trinajstić information content (AvgIpc) is 1.82. The third-order valence-corrected chi connectivity index (χ3v) is 3.65. The summed E-state index contributed by atoms with van der Waals surface area (Å²) in [5, 5.41) is 8.60. The van der Waals surface area contributed by atoms with Gasteiger partial charge in [-0.1, -0.05) is 0 Å². The van der Waals surface area contributed by atoms with Crippen molar-refractivity contribution in [1.29, 1.82) is 0 Å². The van der Waals surface area contributed by atoms with Gasteiger partial charge in [-0.05, 0) is 34.1 Å². The van der Waals surface area contributed by atoms with Gasteiger partial charge in [-0.25, -0.2) is 13.1 Å². The van der Waals surface area contributed by atoms with E-state index in [4.69, 9.17) is 5.11 Å². The lowest BCUT2D eigenvalue weighted by molar-refractivity contribution is 0.175. The van der Waals surface area contributed by atoms with Crippen molar-refractivity contribution in [3.05, 3.63) is 0 Å². The second-order valence-corrected chi connectivity index (χ2v) is 5.97. The molecule has 4 nitrogen and oxygen atoms in total. The van der Waals surface area contributed by atoms with Crippen molar-refractivity contribution in [3.8, 4) is 0 Å². The minimum atomic E-state index is -3.20. The first-order chi connectivity index (χ1) is 5.75. The van der Waals surface area contributed by atoms with Crippen LogP contribution in [0.1, 0.15) is 34.1 Å². The molecule has 0 aromatic rings. The molecule has 2 N–H and O–H groups in total. The summed E-state index contributed by atoms with van der Waals surface area (Å²) in [6, 6.07) is -0.215. The van der Waals surface area contributed by atoms with Gasteiger partial charge in [-0.3, -0.25) is 0 Å². The van der Waals surface area contributed by atoms with Crippen LogP contribution in [0, 0.1) is 0 Å². The molecule has 0 amide bonds. The van der Waals surface area contributed by atoms with Crippen LogP contribution in [-0.4, -0.2) is 30.9 Å². The van der Waals surface area contributed by atoms with Gasteiger partial charge < -0.3 is 5.11 Å². The molecule has 0 saturated heterocycles. The fourth-order valence-electron chi connectivity index (χ4n) is 0.976. The van der Waals surface area contributed by atoms with E-state index in [1.807, 2.05) is 0 Å². The molecule has 0 heterocycles. The molecular weight excluding hydrogens is 190 g/mol. The molecular formula is C8H19NO3S. The number of nitrogens with one attached hydrogen (secondary N) is 1. The van der Waals surface area contributed by atoms with E-state index < -0.39 is 21.4 Å². The predicted molar refractivity (Wildman–Crippen MR) is 53.0 cm³/mol. The first kappa shape index (κ1) is 12.9. The highest BCUT2D eigenvalue weighted by Gasteiger charge is 2.19. The standard InChI is InChI=1S/C8H19NO3S/c1-6(2)13(11,12)9-7(3)5-8(4)10/h6-10H,5H2,1-4H3. The predicted octanol–water partition coefficient (Wildman–Crippen LogP) is 0.474. The maximum absolute atomic E-state index is 11.3. The Morgan fingerprint density at radius 1 is 1.23 bits per heavy atom. The highest BCUT2D eigenvalue weighted by molar-refractivity contribution is 7.90. The van der Waals surface area contributed by atoms with Gasteiger partial charge >= 0.3 is 0 Å². The quantitative estimate of drug-likeness (QED) is 0.692. The summed E-state index contributed by atoms with van der Waals surface area (Å²) < 4.78 is 25.2. The summed E-state index contributed by atoms with van der Waals surface area (Å²) in [5.41, 5.74) is 0. The molecule has 0 radical (unpaired) electrons. The number of aliphatic hydroxyl groups is 1. The Hall–Kier alpha value is -0.130. The van der Waals surface area contributed by atoms with Crippen molar-refractivity contribution in [3.63, 3.8) is 0 Å². The number of aliphatic hydroxyl groups excluding tert-OH is 1. The SMILES string of the molecule is CC(O)CC(C)NS(=O)(=O)C(C)C. The molecule has 13 heavy (non-hydrogen) atoms. The summed E-state index contributed by atoms with van der Waals surface area (Å²) >= 11 is 0. The van der Waals surface area contributed by atoms with Gasteiger partial charge in [0.25, 0.3) is 0 Å². The molecule has 0 fully saturated rings. The molecule has 0 saturated carbocycles. The van der Waals surface area contributed by atoms with Crippen molar-refractivity contribution in [2.75, 3.05) is 0 Å². The summed E-state index contributed by atoms with van der Waals surface area (Å²) in [4.78, 5) is 0. The van der Waals surface area contributed by atoms with Gasteiger partial charge in [0.1, 0.15) is 0 Å². The zero-order chi connectivity index (χ0) is 10.6.